The predicted octanol–water partition coefficient (Wildman–Crippen LogP) is 2.64. The molecule has 0 fully saturated rings. The van der Waals surface area contributed by atoms with Gasteiger partial charge in [0.15, 0.2) is 5.69 Å². The van der Waals surface area contributed by atoms with Gasteiger partial charge >= 0.3 is 0 Å². The van der Waals surface area contributed by atoms with Gasteiger partial charge in [0.2, 0.25) is 0 Å². The Morgan fingerprint density at radius 1 is 1.29 bits per heavy atom. The van der Waals surface area contributed by atoms with E-state index in [1.165, 1.54) is 12.1 Å². The second-order valence-corrected chi connectivity index (χ2v) is 5.64. The van der Waals surface area contributed by atoms with Crippen LogP contribution in [0, 0.1) is 5.82 Å². The quantitative estimate of drug-likeness (QED) is 0.943. The van der Waals surface area contributed by atoms with Crippen LogP contribution in [-0.2, 0) is 12.8 Å². The van der Waals surface area contributed by atoms with Crippen molar-refractivity contribution >= 4 is 5.91 Å². The van der Waals surface area contributed by atoms with E-state index in [0.29, 0.717) is 5.69 Å². The van der Waals surface area contributed by atoms with E-state index in [1.54, 1.807) is 16.8 Å². The summed E-state index contributed by atoms with van der Waals surface area (Å²) in [6.45, 7) is 3.85. The highest BCUT2D eigenvalue weighted by molar-refractivity contribution is 5.94. The molecule has 0 unspecified atom stereocenters. The fourth-order valence-corrected chi connectivity index (χ4v) is 2.75. The van der Waals surface area contributed by atoms with Crippen molar-refractivity contribution in [3.05, 3.63) is 47.0 Å². The summed E-state index contributed by atoms with van der Waals surface area (Å²) in [5.41, 5.74) is 3.38. The van der Waals surface area contributed by atoms with E-state index in [9.17, 15) is 9.18 Å². The lowest BCUT2D eigenvalue weighted by Crippen LogP contribution is -2.31. The van der Waals surface area contributed by atoms with E-state index in [-0.39, 0.29) is 17.8 Å². The van der Waals surface area contributed by atoms with Gasteiger partial charge in [-0.05, 0) is 57.4 Å². The molecule has 1 amide bonds. The average molecular weight is 287 g/mol. The number of fused-ring (bicyclic) bond motifs is 1. The third kappa shape index (κ3) is 2.55. The van der Waals surface area contributed by atoms with Gasteiger partial charge in [0, 0.05) is 17.3 Å². The van der Waals surface area contributed by atoms with E-state index < -0.39 is 0 Å². The average Bonchev–Trinajstić information content (AvgIpc) is 3.00. The summed E-state index contributed by atoms with van der Waals surface area (Å²) in [4.78, 5) is 12.3. The lowest BCUT2D eigenvalue weighted by molar-refractivity contribution is 0.0936. The van der Waals surface area contributed by atoms with Crippen LogP contribution in [0.3, 0.4) is 0 Å². The second-order valence-electron chi connectivity index (χ2n) is 5.64. The molecule has 2 aromatic rings. The molecule has 0 radical (unpaired) electrons. The molecule has 0 saturated heterocycles. The molecule has 21 heavy (non-hydrogen) atoms. The Morgan fingerprint density at radius 2 is 2.00 bits per heavy atom. The van der Waals surface area contributed by atoms with Crippen LogP contribution in [0.15, 0.2) is 24.3 Å². The molecule has 110 valence electrons. The number of carbonyl (C=O) groups excluding carboxylic acids is 1. The fraction of sp³-hybridized carbons (Fsp3) is 0.375. The number of nitrogens with zero attached hydrogens (tertiary/aromatic N) is 2. The van der Waals surface area contributed by atoms with Crippen LogP contribution in [-0.4, -0.2) is 21.7 Å². The van der Waals surface area contributed by atoms with Crippen molar-refractivity contribution < 1.29 is 9.18 Å². The molecule has 1 aromatic heterocycles. The molecule has 1 heterocycles. The van der Waals surface area contributed by atoms with Crippen LogP contribution < -0.4 is 5.32 Å². The largest absolute Gasteiger partial charge is 0.348 e. The monoisotopic (exact) mass is 287 g/mol. The van der Waals surface area contributed by atoms with Gasteiger partial charge in [0.1, 0.15) is 5.82 Å². The molecule has 4 nitrogen and oxygen atoms in total. The van der Waals surface area contributed by atoms with Crippen molar-refractivity contribution in [1.29, 1.82) is 0 Å². The number of nitrogens with one attached hydrogen (secondary N) is 1. The highest BCUT2D eigenvalue weighted by Crippen LogP contribution is 2.27. The number of aromatic nitrogens is 2. The van der Waals surface area contributed by atoms with Crippen molar-refractivity contribution in [3.8, 4) is 5.69 Å². The molecule has 1 aromatic carbocycles. The lowest BCUT2D eigenvalue weighted by atomic mass is 10.2. The molecule has 0 spiro atoms. The van der Waals surface area contributed by atoms with Crippen molar-refractivity contribution in [1.82, 2.24) is 15.1 Å². The van der Waals surface area contributed by atoms with Crippen molar-refractivity contribution in [2.45, 2.75) is 39.2 Å². The highest BCUT2D eigenvalue weighted by Gasteiger charge is 2.27. The number of hydrogen-bond acceptors (Lipinski definition) is 2. The first-order valence-corrected chi connectivity index (χ1v) is 7.24. The summed E-state index contributed by atoms with van der Waals surface area (Å²) < 4.78 is 14.8. The summed E-state index contributed by atoms with van der Waals surface area (Å²) >= 11 is 0. The summed E-state index contributed by atoms with van der Waals surface area (Å²) in [6.07, 6.45) is 2.79. The highest BCUT2D eigenvalue weighted by atomic mass is 19.1. The first kappa shape index (κ1) is 13.8. The predicted molar refractivity (Wildman–Crippen MR) is 78.1 cm³/mol. The third-order valence-electron chi connectivity index (χ3n) is 3.64. The number of amides is 1. The Morgan fingerprint density at radius 3 is 2.67 bits per heavy atom. The molecule has 1 aliphatic rings. The molecule has 0 atom stereocenters. The fourth-order valence-electron chi connectivity index (χ4n) is 2.75. The molecule has 1 N–H and O–H groups in total. The molecule has 3 rings (SSSR count). The van der Waals surface area contributed by atoms with Gasteiger partial charge in [-0.1, -0.05) is 0 Å². The number of rotatable bonds is 3. The second kappa shape index (κ2) is 5.31. The maximum absolute atomic E-state index is 13.1. The van der Waals surface area contributed by atoms with Crippen LogP contribution in [0.25, 0.3) is 5.69 Å². The number of benzene rings is 1. The van der Waals surface area contributed by atoms with Gasteiger partial charge in [0.05, 0.1) is 5.69 Å². The van der Waals surface area contributed by atoms with Gasteiger partial charge in [-0.3, -0.25) is 4.79 Å². The Labute approximate surface area is 123 Å². The number of halogens is 1. The Bertz CT molecular complexity index is 674. The standard InChI is InChI=1S/C16H18FN3O/c1-10(2)18-16(21)15-13-4-3-5-14(13)20(19-15)12-8-6-11(17)7-9-12/h6-10H,3-5H2,1-2H3,(H,18,21). The van der Waals surface area contributed by atoms with Gasteiger partial charge in [0.25, 0.3) is 5.91 Å². The van der Waals surface area contributed by atoms with E-state index >= 15 is 0 Å². The summed E-state index contributed by atoms with van der Waals surface area (Å²) in [5.74, 6) is -0.413. The summed E-state index contributed by atoms with van der Waals surface area (Å²) in [5, 5.41) is 7.35. The zero-order valence-electron chi connectivity index (χ0n) is 12.2. The van der Waals surface area contributed by atoms with Crippen LogP contribution in [0.5, 0.6) is 0 Å². The van der Waals surface area contributed by atoms with Crippen LogP contribution >= 0.6 is 0 Å². The maximum atomic E-state index is 13.1. The van der Waals surface area contributed by atoms with E-state index in [0.717, 1.165) is 36.2 Å². The summed E-state index contributed by atoms with van der Waals surface area (Å²) in [7, 11) is 0. The van der Waals surface area contributed by atoms with E-state index in [4.69, 9.17) is 0 Å². The summed E-state index contributed by atoms with van der Waals surface area (Å²) in [6, 6.07) is 6.26. The molecule has 1 aliphatic carbocycles. The van der Waals surface area contributed by atoms with E-state index in [2.05, 4.69) is 10.4 Å². The van der Waals surface area contributed by atoms with Gasteiger partial charge in [-0.25, -0.2) is 9.07 Å². The lowest BCUT2D eigenvalue weighted by Gasteiger charge is -2.07. The number of hydrogen-bond donors (Lipinski definition) is 1. The molecule has 0 aliphatic heterocycles. The normalized spacial score (nSPS) is 13.5. The van der Waals surface area contributed by atoms with Crippen molar-refractivity contribution in [2.75, 3.05) is 0 Å². The Hall–Kier alpha value is -2.17. The molecule has 5 heteroatoms. The zero-order chi connectivity index (χ0) is 15.0. The zero-order valence-corrected chi connectivity index (χ0v) is 12.2. The minimum Gasteiger partial charge on any atom is -0.348 e. The number of carbonyl (C=O) groups is 1. The first-order valence-electron chi connectivity index (χ1n) is 7.24. The van der Waals surface area contributed by atoms with Crippen LogP contribution in [0.1, 0.15) is 42.0 Å². The minimum atomic E-state index is -0.277. The van der Waals surface area contributed by atoms with Gasteiger partial charge in [-0.15, -0.1) is 0 Å². The third-order valence-corrected chi connectivity index (χ3v) is 3.64. The Balaban J connectivity index is 2.03. The smallest absolute Gasteiger partial charge is 0.272 e. The maximum Gasteiger partial charge on any atom is 0.272 e. The minimum absolute atomic E-state index is 0.0746. The van der Waals surface area contributed by atoms with E-state index in [1.807, 2.05) is 13.8 Å². The van der Waals surface area contributed by atoms with Crippen LogP contribution in [0.2, 0.25) is 0 Å². The van der Waals surface area contributed by atoms with Crippen molar-refractivity contribution in [2.24, 2.45) is 0 Å². The molecule has 0 bridgehead atoms. The van der Waals surface area contributed by atoms with Crippen molar-refractivity contribution in [3.63, 3.8) is 0 Å². The first-order chi connectivity index (χ1) is 10.1. The van der Waals surface area contributed by atoms with Crippen LogP contribution in [0.4, 0.5) is 4.39 Å². The molecular formula is C16H18FN3O. The Kier molecular flexibility index (Phi) is 3.49. The molecule has 0 saturated carbocycles. The SMILES string of the molecule is CC(C)NC(=O)c1nn(-c2ccc(F)cc2)c2c1CCC2. The van der Waals surface area contributed by atoms with Gasteiger partial charge in [-0.2, -0.15) is 5.10 Å². The topological polar surface area (TPSA) is 46.9 Å². The molecular weight excluding hydrogens is 269 g/mol. The van der Waals surface area contributed by atoms with Gasteiger partial charge < -0.3 is 5.32 Å².